The molecule has 1 heterocycles. The molecule has 0 bridgehead atoms. The lowest BCUT2D eigenvalue weighted by atomic mass is 9.82. The maximum Gasteiger partial charge on any atom is 0.225 e. The molecular weight excluding hydrogens is 228 g/mol. The summed E-state index contributed by atoms with van der Waals surface area (Å²) < 4.78 is 0. The Balaban J connectivity index is 1.91. The quantitative estimate of drug-likeness (QED) is 0.798. The van der Waals surface area contributed by atoms with E-state index < -0.39 is 6.10 Å². The molecule has 1 saturated heterocycles. The number of hydrogen-bond acceptors (Lipinski definition) is 3. The number of aliphatic hydroxyl groups is 1. The van der Waals surface area contributed by atoms with E-state index in [1.54, 1.807) is 0 Å². The van der Waals surface area contributed by atoms with Crippen molar-refractivity contribution < 1.29 is 9.90 Å². The third-order valence-corrected chi connectivity index (χ3v) is 4.60. The Morgan fingerprint density at radius 3 is 2.28 bits per heavy atom. The number of carbonyl (C=O) groups is 1. The lowest BCUT2D eigenvalue weighted by Crippen LogP contribution is -2.39. The smallest absolute Gasteiger partial charge is 0.225 e. The monoisotopic (exact) mass is 254 g/mol. The maximum absolute atomic E-state index is 12.4. The van der Waals surface area contributed by atoms with Gasteiger partial charge in [0.25, 0.3) is 0 Å². The topological polar surface area (TPSA) is 43.8 Å². The van der Waals surface area contributed by atoms with E-state index in [0.717, 1.165) is 18.8 Å². The van der Waals surface area contributed by atoms with Crippen molar-refractivity contribution in [2.24, 2.45) is 11.8 Å². The number of β-amino-alcohol motifs (C(OH)–C–C–N with tert-alkyl or cyclic N) is 1. The van der Waals surface area contributed by atoms with E-state index in [4.69, 9.17) is 0 Å². The number of nitrogens with zero attached hydrogens (tertiary/aromatic N) is 2. The Morgan fingerprint density at radius 2 is 1.78 bits per heavy atom. The number of carbonyl (C=O) groups excluding carboxylic acids is 1. The Hall–Kier alpha value is -0.610. The van der Waals surface area contributed by atoms with E-state index in [1.165, 1.54) is 12.8 Å². The van der Waals surface area contributed by atoms with Crippen molar-refractivity contribution >= 4 is 5.91 Å². The van der Waals surface area contributed by atoms with Gasteiger partial charge < -0.3 is 14.9 Å². The van der Waals surface area contributed by atoms with Crippen molar-refractivity contribution in [3.8, 4) is 0 Å². The van der Waals surface area contributed by atoms with Gasteiger partial charge in [-0.15, -0.1) is 0 Å². The molecule has 0 aromatic rings. The van der Waals surface area contributed by atoms with Gasteiger partial charge in [0.15, 0.2) is 0 Å². The number of likely N-dealkylation sites (tertiary alicyclic amines) is 1. The van der Waals surface area contributed by atoms with Crippen LogP contribution in [0.3, 0.4) is 0 Å². The average molecular weight is 254 g/mol. The molecule has 2 atom stereocenters. The molecule has 0 unspecified atom stereocenters. The highest BCUT2D eigenvalue weighted by atomic mass is 16.3. The van der Waals surface area contributed by atoms with Gasteiger partial charge in [0, 0.05) is 19.0 Å². The second-order valence-electron chi connectivity index (χ2n) is 6.30. The van der Waals surface area contributed by atoms with Gasteiger partial charge in [-0.2, -0.15) is 0 Å². The number of rotatable bonds is 2. The first-order valence-corrected chi connectivity index (χ1v) is 7.12. The van der Waals surface area contributed by atoms with Crippen molar-refractivity contribution in [2.45, 2.75) is 44.8 Å². The summed E-state index contributed by atoms with van der Waals surface area (Å²) in [5.74, 6) is 1.24. The zero-order chi connectivity index (χ0) is 13.3. The van der Waals surface area contributed by atoms with Crippen LogP contribution in [0.25, 0.3) is 0 Å². The number of aliphatic hydroxyl groups excluding tert-OH is 1. The molecule has 1 N–H and O–H groups in total. The van der Waals surface area contributed by atoms with Gasteiger partial charge in [0.1, 0.15) is 0 Å². The minimum absolute atomic E-state index is 0.0939. The molecular formula is C14H26N2O2. The molecule has 18 heavy (non-hydrogen) atoms. The summed E-state index contributed by atoms with van der Waals surface area (Å²) in [6.45, 7) is 3.45. The Morgan fingerprint density at radius 1 is 1.17 bits per heavy atom. The second-order valence-corrected chi connectivity index (χ2v) is 6.30. The first-order chi connectivity index (χ1) is 8.49. The molecule has 1 saturated carbocycles. The molecule has 1 amide bonds. The zero-order valence-electron chi connectivity index (χ0n) is 11.8. The number of amides is 1. The summed E-state index contributed by atoms with van der Waals surface area (Å²) in [5.41, 5.74) is 0. The third kappa shape index (κ3) is 2.86. The van der Waals surface area contributed by atoms with E-state index in [0.29, 0.717) is 13.1 Å². The van der Waals surface area contributed by atoms with Gasteiger partial charge >= 0.3 is 0 Å². The summed E-state index contributed by atoms with van der Waals surface area (Å²) in [5, 5.41) is 9.98. The summed E-state index contributed by atoms with van der Waals surface area (Å²) in [4.78, 5) is 16.3. The molecule has 2 fully saturated rings. The van der Waals surface area contributed by atoms with Crippen LogP contribution in [0.4, 0.5) is 0 Å². The zero-order valence-corrected chi connectivity index (χ0v) is 11.8. The number of hydrogen-bond donors (Lipinski definition) is 1. The SMILES string of the molecule is CC1CCC(C(=O)N2C[C@H](O)[C@@H](N(C)C)C2)CC1. The molecule has 0 radical (unpaired) electrons. The van der Waals surface area contributed by atoms with Gasteiger partial charge in [-0.25, -0.2) is 0 Å². The van der Waals surface area contributed by atoms with Crippen LogP contribution in [0.15, 0.2) is 0 Å². The minimum Gasteiger partial charge on any atom is -0.390 e. The highest BCUT2D eigenvalue weighted by molar-refractivity contribution is 5.79. The largest absolute Gasteiger partial charge is 0.390 e. The summed E-state index contributed by atoms with van der Waals surface area (Å²) >= 11 is 0. The van der Waals surface area contributed by atoms with Crippen molar-refractivity contribution in [3.05, 3.63) is 0 Å². The van der Waals surface area contributed by atoms with Crippen LogP contribution in [-0.4, -0.2) is 60.1 Å². The third-order valence-electron chi connectivity index (χ3n) is 4.60. The highest BCUT2D eigenvalue weighted by Crippen LogP contribution is 2.30. The summed E-state index contributed by atoms with van der Waals surface area (Å²) in [6.07, 6.45) is 4.00. The average Bonchev–Trinajstić information content (AvgIpc) is 2.71. The molecule has 104 valence electrons. The van der Waals surface area contributed by atoms with Crippen LogP contribution < -0.4 is 0 Å². The van der Waals surface area contributed by atoms with Crippen molar-refractivity contribution in [3.63, 3.8) is 0 Å². The van der Waals surface area contributed by atoms with Gasteiger partial charge in [-0.3, -0.25) is 4.79 Å². The molecule has 0 aromatic carbocycles. The van der Waals surface area contributed by atoms with Crippen molar-refractivity contribution in [1.29, 1.82) is 0 Å². The van der Waals surface area contributed by atoms with Crippen molar-refractivity contribution in [2.75, 3.05) is 27.2 Å². The standard InChI is InChI=1S/C14H26N2O2/c1-10-4-6-11(7-5-10)14(18)16-8-12(15(2)3)13(17)9-16/h10-13,17H,4-9H2,1-3H3/t10?,11?,12-,13-/m0/s1. The lowest BCUT2D eigenvalue weighted by molar-refractivity contribution is -0.136. The molecule has 0 aromatic heterocycles. The predicted octanol–water partition coefficient (Wildman–Crippen LogP) is 0.946. The van der Waals surface area contributed by atoms with E-state index in [9.17, 15) is 9.90 Å². The van der Waals surface area contributed by atoms with Crippen molar-refractivity contribution in [1.82, 2.24) is 9.80 Å². The fourth-order valence-corrected chi connectivity index (χ4v) is 3.22. The second kappa shape index (κ2) is 5.57. The molecule has 2 rings (SSSR count). The van der Waals surface area contributed by atoms with Gasteiger partial charge in [-0.1, -0.05) is 6.92 Å². The van der Waals surface area contributed by atoms with Crippen LogP contribution in [0.5, 0.6) is 0 Å². The van der Waals surface area contributed by atoms with Gasteiger partial charge in [-0.05, 0) is 45.7 Å². The van der Waals surface area contributed by atoms with Crippen LogP contribution in [0.2, 0.25) is 0 Å². The normalized spacial score (nSPS) is 37.3. The van der Waals surface area contributed by atoms with E-state index in [1.807, 2.05) is 23.9 Å². The Kier molecular flexibility index (Phi) is 4.28. The molecule has 1 aliphatic heterocycles. The molecule has 2 aliphatic rings. The van der Waals surface area contributed by atoms with E-state index >= 15 is 0 Å². The minimum atomic E-state index is -0.397. The molecule has 4 heteroatoms. The number of likely N-dealkylation sites (N-methyl/N-ethyl adjacent to an activating group) is 1. The molecule has 1 aliphatic carbocycles. The Labute approximate surface area is 110 Å². The van der Waals surface area contributed by atoms with Crippen LogP contribution in [0, 0.1) is 11.8 Å². The van der Waals surface area contributed by atoms with Gasteiger partial charge in [0.05, 0.1) is 12.1 Å². The Bertz CT molecular complexity index is 298. The molecule has 4 nitrogen and oxygen atoms in total. The summed E-state index contributed by atoms with van der Waals surface area (Å²) in [7, 11) is 3.92. The van der Waals surface area contributed by atoms with Gasteiger partial charge in [0.2, 0.25) is 5.91 Å². The lowest BCUT2D eigenvalue weighted by Gasteiger charge is -2.29. The fourth-order valence-electron chi connectivity index (χ4n) is 3.22. The molecule has 0 spiro atoms. The summed E-state index contributed by atoms with van der Waals surface area (Å²) in [6, 6.07) is 0.0939. The maximum atomic E-state index is 12.4. The van der Waals surface area contributed by atoms with Crippen LogP contribution in [0.1, 0.15) is 32.6 Å². The predicted molar refractivity (Wildman–Crippen MR) is 71.2 cm³/mol. The highest BCUT2D eigenvalue weighted by Gasteiger charge is 2.38. The van der Waals surface area contributed by atoms with E-state index in [-0.39, 0.29) is 17.9 Å². The first kappa shape index (κ1) is 13.8. The van der Waals surface area contributed by atoms with Crippen LogP contribution >= 0.6 is 0 Å². The van der Waals surface area contributed by atoms with E-state index in [2.05, 4.69) is 6.92 Å². The van der Waals surface area contributed by atoms with Crippen LogP contribution in [-0.2, 0) is 4.79 Å². The first-order valence-electron chi connectivity index (χ1n) is 7.12. The fraction of sp³-hybridized carbons (Fsp3) is 0.929.